The molecule has 1 saturated heterocycles. The number of carbonyl (C=O) groups is 2. The molecule has 2 atom stereocenters. The molecule has 1 aliphatic rings. The van der Waals surface area contributed by atoms with Gasteiger partial charge in [0, 0.05) is 11.8 Å². The van der Waals surface area contributed by atoms with Crippen molar-refractivity contribution in [3.63, 3.8) is 0 Å². The van der Waals surface area contributed by atoms with Gasteiger partial charge in [-0.15, -0.1) is 0 Å². The minimum atomic E-state index is -4.69. The summed E-state index contributed by atoms with van der Waals surface area (Å²) >= 11 is 5.83. The Bertz CT molecular complexity index is 1050. The maximum Gasteiger partial charge on any atom is 0.461 e. The van der Waals surface area contributed by atoms with Crippen molar-refractivity contribution in [2.75, 3.05) is 0 Å². The molecule has 0 aliphatic carbocycles. The molecular weight excluding hydrogens is 484 g/mol. The number of carbonyl (C=O) groups excluding carboxylic acids is 2. The lowest BCUT2D eigenvalue weighted by Gasteiger charge is -2.27. The number of pyridine rings is 1. The largest absolute Gasteiger partial charge is 0.461 e. The molecule has 2 aromatic rings. The molecular formula is C22H21ClF4N2O5. The van der Waals surface area contributed by atoms with Crippen molar-refractivity contribution in [3.8, 4) is 5.75 Å². The lowest BCUT2D eigenvalue weighted by molar-refractivity contribution is -0.253. The fourth-order valence-corrected chi connectivity index (χ4v) is 3.37. The summed E-state index contributed by atoms with van der Waals surface area (Å²) in [4.78, 5) is 30.2. The summed E-state index contributed by atoms with van der Waals surface area (Å²) < 4.78 is 66.6. The van der Waals surface area contributed by atoms with E-state index in [9.17, 15) is 27.2 Å². The van der Waals surface area contributed by atoms with E-state index >= 15 is 0 Å². The van der Waals surface area contributed by atoms with E-state index in [0.717, 1.165) is 17.0 Å². The Morgan fingerprint density at radius 1 is 1.24 bits per heavy atom. The van der Waals surface area contributed by atoms with E-state index in [0.29, 0.717) is 11.1 Å². The molecule has 3 rings (SSSR count). The minimum absolute atomic E-state index is 0.0876. The first kappa shape index (κ1) is 25.5. The van der Waals surface area contributed by atoms with Crippen LogP contribution in [0.4, 0.5) is 27.2 Å². The van der Waals surface area contributed by atoms with Gasteiger partial charge in [-0.1, -0.05) is 29.8 Å². The third-order valence-electron chi connectivity index (χ3n) is 4.63. The number of nitrogens with zero attached hydrogens (tertiary/aromatic N) is 2. The molecule has 0 N–H and O–H groups in total. The van der Waals surface area contributed by atoms with Gasteiger partial charge in [-0.25, -0.2) is 19.5 Å². The van der Waals surface area contributed by atoms with Gasteiger partial charge < -0.3 is 14.2 Å². The molecule has 2 unspecified atom stereocenters. The number of benzene rings is 1. The van der Waals surface area contributed by atoms with Crippen molar-refractivity contribution in [2.24, 2.45) is 0 Å². The fraction of sp³-hybridized carbons (Fsp3) is 0.409. The van der Waals surface area contributed by atoms with E-state index in [1.54, 1.807) is 26.8 Å². The zero-order valence-electron chi connectivity index (χ0n) is 18.3. The molecule has 0 saturated carbocycles. The van der Waals surface area contributed by atoms with Crippen molar-refractivity contribution in [2.45, 2.75) is 57.5 Å². The van der Waals surface area contributed by atoms with Gasteiger partial charge in [-0.05, 0) is 51.0 Å². The Balaban J connectivity index is 1.94. The number of hydrogen-bond donors (Lipinski definition) is 0. The summed E-state index contributed by atoms with van der Waals surface area (Å²) in [6, 6.07) is 7.07. The van der Waals surface area contributed by atoms with Crippen LogP contribution in [-0.2, 0) is 15.9 Å². The SMILES string of the molecule is CC(C)(C)OC(=O)N1C(=O)OC(c2ccc(Cl)nc2)C1Cc1cccc(OC(F)(F)C(F)F)c1. The molecule has 184 valence electrons. The average molecular weight is 505 g/mol. The second-order valence-corrected chi connectivity index (χ2v) is 8.84. The highest BCUT2D eigenvalue weighted by molar-refractivity contribution is 6.29. The molecule has 12 heteroatoms. The van der Waals surface area contributed by atoms with E-state index in [4.69, 9.17) is 21.1 Å². The maximum atomic E-state index is 13.3. The number of rotatable bonds is 6. The van der Waals surface area contributed by atoms with E-state index in [1.807, 2.05) is 0 Å². The zero-order valence-corrected chi connectivity index (χ0v) is 19.1. The first-order chi connectivity index (χ1) is 15.8. The second-order valence-electron chi connectivity index (χ2n) is 8.45. The number of cyclic esters (lactones) is 1. The van der Waals surface area contributed by atoms with Crippen LogP contribution in [-0.4, -0.2) is 46.2 Å². The first-order valence-electron chi connectivity index (χ1n) is 10.0. The number of imide groups is 1. The summed E-state index contributed by atoms with van der Waals surface area (Å²) in [5.74, 6) is -0.512. The van der Waals surface area contributed by atoms with Gasteiger partial charge in [0.15, 0.2) is 6.10 Å². The summed E-state index contributed by atoms with van der Waals surface area (Å²) in [7, 11) is 0. The van der Waals surface area contributed by atoms with Crippen LogP contribution in [0.3, 0.4) is 0 Å². The molecule has 1 aromatic heterocycles. The van der Waals surface area contributed by atoms with Gasteiger partial charge in [-0.3, -0.25) is 0 Å². The molecule has 1 aromatic carbocycles. The first-order valence-corrected chi connectivity index (χ1v) is 10.4. The Hall–Kier alpha value is -3.08. The van der Waals surface area contributed by atoms with Crippen LogP contribution >= 0.6 is 11.6 Å². The summed E-state index contributed by atoms with van der Waals surface area (Å²) in [6.45, 7) is 4.85. The van der Waals surface area contributed by atoms with Gasteiger partial charge in [0.05, 0.1) is 6.04 Å². The van der Waals surface area contributed by atoms with Crippen LogP contribution in [0, 0.1) is 0 Å². The summed E-state index contributed by atoms with van der Waals surface area (Å²) in [6.07, 6.45) is -10.4. The fourth-order valence-electron chi connectivity index (χ4n) is 3.26. The number of hydrogen-bond acceptors (Lipinski definition) is 6. The normalized spacial score (nSPS) is 18.7. The monoisotopic (exact) mass is 504 g/mol. The van der Waals surface area contributed by atoms with Gasteiger partial charge >= 0.3 is 24.7 Å². The predicted octanol–water partition coefficient (Wildman–Crippen LogP) is 6.01. The maximum absolute atomic E-state index is 13.3. The van der Waals surface area contributed by atoms with E-state index in [1.165, 1.54) is 24.4 Å². The van der Waals surface area contributed by atoms with Crippen molar-refractivity contribution in [1.29, 1.82) is 0 Å². The molecule has 7 nitrogen and oxygen atoms in total. The third kappa shape index (κ3) is 6.07. The van der Waals surface area contributed by atoms with Gasteiger partial charge in [0.1, 0.15) is 16.5 Å². The Morgan fingerprint density at radius 2 is 1.94 bits per heavy atom. The quantitative estimate of drug-likeness (QED) is 0.354. The lowest BCUT2D eigenvalue weighted by Crippen LogP contribution is -2.43. The molecule has 2 heterocycles. The van der Waals surface area contributed by atoms with Crippen molar-refractivity contribution < 1.29 is 41.4 Å². The Kier molecular flexibility index (Phi) is 7.25. The van der Waals surface area contributed by atoms with Crippen LogP contribution in [0.5, 0.6) is 5.75 Å². The number of alkyl halides is 4. The third-order valence-corrected chi connectivity index (χ3v) is 4.85. The minimum Gasteiger partial charge on any atom is -0.443 e. The average Bonchev–Trinajstić information content (AvgIpc) is 3.03. The molecule has 2 amide bonds. The lowest BCUT2D eigenvalue weighted by atomic mass is 9.96. The number of aromatic nitrogens is 1. The van der Waals surface area contributed by atoms with E-state index in [-0.39, 0.29) is 11.6 Å². The molecule has 1 fully saturated rings. The molecule has 1 aliphatic heterocycles. The smallest absolute Gasteiger partial charge is 0.443 e. The second kappa shape index (κ2) is 9.65. The number of amides is 2. The van der Waals surface area contributed by atoms with Crippen LogP contribution in [0.2, 0.25) is 5.15 Å². The summed E-state index contributed by atoms with van der Waals surface area (Å²) in [5.41, 5.74) is -0.187. The van der Waals surface area contributed by atoms with Crippen molar-refractivity contribution >= 4 is 23.8 Å². The highest BCUT2D eigenvalue weighted by Gasteiger charge is 2.48. The van der Waals surface area contributed by atoms with Crippen LogP contribution in [0.1, 0.15) is 38.0 Å². The van der Waals surface area contributed by atoms with Crippen molar-refractivity contribution in [3.05, 3.63) is 58.9 Å². The summed E-state index contributed by atoms with van der Waals surface area (Å²) in [5, 5.41) is 0.193. The van der Waals surface area contributed by atoms with Gasteiger partial charge in [-0.2, -0.15) is 17.6 Å². The number of ether oxygens (including phenoxy) is 3. The molecule has 34 heavy (non-hydrogen) atoms. The highest BCUT2D eigenvalue weighted by atomic mass is 35.5. The van der Waals surface area contributed by atoms with Gasteiger partial charge in [0.2, 0.25) is 0 Å². The van der Waals surface area contributed by atoms with Crippen LogP contribution in [0.15, 0.2) is 42.6 Å². The Labute approximate surface area is 197 Å². The van der Waals surface area contributed by atoms with Crippen molar-refractivity contribution in [1.82, 2.24) is 9.88 Å². The van der Waals surface area contributed by atoms with E-state index < -0.39 is 48.2 Å². The number of halogens is 5. The highest BCUT2D eigenvalue weighted by Crippen LogP contribution is 2.36. The standard InChI is InChI=1S/C22H21ClF4N2O5/c1-21(2,3)34-20(31)29-15(17(32-19(29)30)13-7-8-16(23)28-11-13)10-12-5-4-6-14(9-12)33-22(26,27)18(24)25/h4-9,11,15,17-18H,10H2,1-3H3. The molecule has 0 bridgehead atoms. The van der Waals surface area contributed by atoms with E-state index in [2.05, 4.69) is 9.72 Å². The topological polar surface area (TPSA) is 78.0 Å². The zero-order chi connectivity index (χ0) is 25.3. The van der Waals surface area contributed by atoms with Crippen LogP contribution in [0.25, 0.3) is 0 Å². The Morgan fingerprint density at radius 3 is 2.53 bits per heavy atom. The predicted molar refractivity (Wildman–Crippen MR) is 112 cm³/mol. The molecule has 0 radical (unpaired) electrons. The van der Waals surface area contributed by atoms with Gasteiger partial charge in [0.25, 0.3) is 0 Å². The van der Waals surface area contributed by atoms with Crippen LogP contribution < -0.4 is 4.74 Å². The molecule has 0 spiro atoms.